The molecular formula is C20H26N4O3. The highest BCUT2D eigenvalue weighted by atomic mass is 16.5. The Balaban J connectivity index is 1.69. The van der Waals surface area contributed by atoms with Crippen molar-refractivity contribution < 1.29 is 14.3 Å². The van der Waals surface area contributed by atoms with Crippen LogP contribution in [-0.4, -0.2) is 45.7 Å². The number of rotatable bonds is 6. The molecule has 1 amide bonds. The molecule has 27 heavy (non-hydrogen) atoms. The fraction of sp³-hybridized carbons (Fsp3) is 0.550. The molecule has 7 heteroatoms. The van der Waals surface area contributed by atoms with Crippen LogP contribution in [0.25, 0.3) is 0 Å². The number of aromatic nitrogens is 3. The van der Waals surface area contributed by atoms with Crippen molar-refractivity contribution in [1.29, 1.82) is 0 Å². The number of nitrogens with one attached hydrogen (secondary N) is 1. The fourth-order valence-corrected chi connectivity index (χ4v) is 3.68. The lowest BCUT2D eigenvalue weighted by Gasteiger charge is -2.40. The molecule has 0 bridgehead atoms. The molecule has 0 spiro atoms. The largest absolute Gasteiger partial charge is 0.497 e. The molecule has 0 radical (unpaired) electrons. The Morgan fingerprint density at radius 2 is 2.04 bits per heavy atom. The number of morpholine rings is 1. The second-order valence-corrected chi connectivity index (χ2v) is 7.72. The standard InChI is InChI=1S/C20H26N4O3/c1-12(2)10-16-21-20(23-22-16)19-18(13-4-8-15(26-3)9-5-13)24(14-6-7-14)17(25)11-27-19/h4-5,8-9,12,14,18-19H,6-7,10-11H2,1-3H3,(H,21,22,23)/t18-,19+/m1/s1. The number of methoxy groups -OCH3 is 1. The molecule has 2 heterocycles. The highest BCUT2D eigenvalue weighted by molar-refractivity contribution is 5.79. The van der Waals surface area contributed by atoms with Crippen LogP contribution < -0.4 is 4.74 Å². The van der Waals surface area contributed by atoms with Gasteiger partial charge in [-0.25, -0.2) is 4.98 Å². The van der Waals surface area contributed by atoms with Gasteiger partial charge in [0.05, 0.1) is 13.2 Å². The van der Waals surface area contributed by atoms with Gasteiger partial charge in [0.2, 0.25) is 5.91 Å². The summed E-state index contributed by atoms with van der Waals surface area (Å²) in [5, 5.41) is 7.45. The molecular weight excluding hydrogens is 344 g/mol. The number of aromatic amines is 1. The second kappa shape index (κ2) is 7.31. The normalized spacial score (nSPS) is 23.1. The Morgan fingerprint density at radius 1 is 1.30 bits per heavy atom. The fourth-order valence-electron chi connectivity index (χ4n) is 3.68. The van der Waals surface area contributed by atoms with Crippen LogP contribution in [-0.2, 0) is 16.0 Å². The zero-order valence-corrected chi connectivity index (χ0v) is 16.0. The third kappa shape index (κ3) is 3.69. The molecule has 2 aromatic rings. The Kier molecular flexibility index (Phi) is 4.86. The van der Waals surface area contributed by atoms with E-state index in [2.05, 4.69) is 29.0 Å². The summed E-state index contributed by atoms with van der Waals surface area (Å²) < 4.78 is 11.2. The molecule has 2 atom stereocenters. The van der Waals surface area contributed by atoms with Gasteiger partial charge in [0.25, 0.3) is 0 Å². The minimum absolute atomic E-state index is 0.0347. The maximum atomic E-state index is 12.6. The topological polar surface area (TPSA) is 80.3 Å². The quantitative estimate of drug-likeness (QED) is 0.846. The van der Waals surface area contributed by atoms with Crippen molar-refractivity contribution in [3.63, 3.8) is 0 Å². The van der Waals surface area contributed by atoms with E-state index >= 15 is 0 Å². The lowest BCUT2D eigenvalue weighted by atomic mass is 9.96. The van der Waals surface area contributed by atoms with Gasteiger partial charge in [0.15, 0.2) is 5.82 Å². The Hall–Kier alpha value is -2.41. The third-order valence-electron chi connectivity index (χ3n) is 5.06. The molecule has 2 fully saturated rings. The highest BCUT2D eigenvalue weighted by Gasteiger charge is 2.46. The molecule has 144 valence electrons. The van der Waals surface area contributed by atoms with Crippen molar-refractivity contribution in [3.05, 3.63) is 41.5 Å². The first-order valence-electron chi connectivity index (χ1n) is 9.54. The Labute approximate surface area is 159 Å². The van der Waals surface area contributed by atoms with E-state index < -0.39 is 0 Å². The summed E-state index contributed by atoms with van der Waals surface area (Å²) in [4.78, 5) is 19.3. The van der Waals surface area contributed by atoms with E-state index in [1.165, 1.54) is 0 Å². The van der Waals surface area contributed by atoms with Crippen LogP contribution in [0.5, 0.6) is 5.75 Å². The number of ether oxygens (including phenoxy) is 2. The lowest BCUT2D eigenvalue weighted by molar-refractivity contribution is -0.160. The van der Waals surface area contributed by atoms with Gasteiger partial charge in [0, 0.05) is 12.5 Å². The lowest BCUT2D eigenvalue weighted by Crippen LogP contribution is -2.47. The number of benzene rings is 1. The summed E-state index contributed by atoms with van der Waals surface area (Å²) in [6.45, 7) is 4.36. The molecule has 1 saturated heterocycles. The Bertz CT molecular complexity index is 798. The summed E-state index contributed by atoms with van der Waals surface area (Å²) >= 11 is 0. The number of H-pyrrole nitrogens is 1. The van der Waals surface area contributed by atoms with E-state index in [0.29, 0.717) is 11.7 Å². The molecule has 1 saturated carbocycles. The van der Waals surface area contributed by atoms with E-state index in [1.54, 1.807) is 7.11 Å². The summed E-state index contributed by atoms with van der Waals surface area (Å²) in [7, 11) is 1.64. The average molecular weight is 370 g/mol. The predicted molar refractivity (Wildman–Crippen MR) is 99.2 cm³/mol. The number of hydrogen-bond acceptors (Lipinski definition) is 5. The molecule has 2 aliphatic rings. The Morgan fingerprint density at radius 3 is 2.67 bits per heavy atom. The zero-order chi connectivity index (χ0) is 19.0. The molecule has 1 aliphatic heterocycles. The van der Waals surface area contributed by atoms with Crippen molar-refractivity contribution in [1.82, 2.24) is 20.1 Å². The van der Waals surface area contributed by atoms with Crippen LogP contribution in [0.2, 0.25) is 0 Å². The molecule has 1 aromatic heterocycles. The summed E-state index contributed by atoms with van der Waals surface area (Å²) in [5.41, 5.74) is 1.01. The van der Waals surface area contributed by atoms with E-state index in [4.69, 9.17) is 9.47 Å². The minimum atomic E-state index is -0.381. The van der Waals surface area contributed by atoms with Crippen LogP contribution in [0.15, 0.2) is 24.3 Å². The van der Waals surface area contributed by atoms with Crippen LogP contribution in [0.1, 0.15) is 56.0 Å². The number of carbonyl (C=O) groups excluding carboxylic acids is 1. The predicted octanol–water partition coefficient (Wildman–Crippen LogP) is 2.82. The molecule has 0 unspecified atom stereocenters. The van der Waals surface area contributed by atoms with Gasteiger partial charge in [-0.15, -0.1) is 0 Å². The van der Waals surface area contributed by atoms with E-state index in [1.807, 2.05) is 29.2 Å². The van der Waals surface area contributed by atoms with Gasteiger partial charge in [-0.1, -0.05) is 26.0 Å². The van der Waals surface area contributed by atoms with Gasteiger partial charge in [-0.05, 0) is 36.5 Å². The molecule has 1 aliphatic carbocycles. The van der Waals surface area contributed by atoms with E-state index in [0.717, 1.165) is 36.4 Å². The van der Waals surface area contributed by atoms with Crippen molar-refractivity contribution in [2.24, 2.45) is 5.92 Å². The monoisotopic (exact) mass is 370 g/mol. The van der Waals surface area contributed by atoms with Gasteiger partial charge >= 0.3 is 0 Å². The van der Waals surface area contributed by atoms with E-state index in [9.17, 15) is 4.79 Å². The first-order valence-corrected chi connectivity index (χ1v) is 9.54. The molecule has 7 nitrogen and oxygen atoms in total. The summed E-state index contributed by atoms with van der Waals surface area (Å²) in [6.07, 6.45) is 2.53. The third-order valence-corrected chi connectivity index (χ3v) is 5.06. The average Bonchev–Trinajstić information content (AvgIpc) is 3.40. The zero-order valence-electron chi connectivity index (χ0n) is 16.0. The van der Waals surface area contributed by atoms with E-state index in [-0.39, 0.29) is 30.7 Å². The molecule has 4 rings (SSSR count). The first kappa shape index (κ1) is 18.0. The van der Waals surface area contributed by atoms with Crippen molar-refractivity contribution in [3.8, 4) is 5.75 Å². The van der Waals surface area contributed by atoms with Crippen LogP contribution >= 0.6 is 0 Å². The first-order chi connectivity index (χ1) is 13.1. The number of nitrogens with zero attached hydrogens (tertiary/aromatic N) is 3. The highest BCUT2D eigenvalue weighted by Crippen LogP contribution is 2.44. The molecule has 1 N–H and O–H groups in total. The second-order valence-electron chi connectivity index (χ2n) is 7.72. The van der Waals surface area contributed by atoms with Crippen molar-refractivity contribution >= 4 is 5.91 Å². The van der Waals surface area contributed by atoms with Crippen molar-refractivity contribution in [2.45, 2.75) is 51.3 Å². The number of carbonyl (C=O) groups is 1. The minimum Gasteiger partial charge on any atom is -0.497 e. The number of amides is 1. The van der Waals surface area contributed by atoms with Gasteiger partial charge in [-0.3, -0.25) is 9.89 Å². The van der Waals surface area contributed by atoms with Crippen LogP contribution in [0.4, 0.5) is 0 Å². The maximum absolute atomic E-state index is 12.6. The summed E-state index contributed by atoms with van der Waals surface area (Å²) in [5.74, 6) is 2.78. The smallest absolute Gasteiger partial charge is 0.249 e. The van der Waals surface area contributed by atoms with Crippen LogP contribution in [0, 0.1) is 5.92 Å². The van der Waals surface area contributed by atoms with Gasteiger partial charge in [0.1, 0.15) is 24.3 Å². The molecule has 1 aromatic carbocycles. The number of hydrogen-bond donors (Lipinski definition) is 1. The SMILES string of the molecule is COc1ccc([C@@H]2[C@@H](c3n[nH]c(CC(C)C)n3)OCC(=O)N2C2CC2)cc1. The maximum Gasteiger partial charge on any atom is 0.249 e. The van der Waals surface area contributed by atoms with Crippen LogP contribution in [0.3, 0.4) is 0 Å². The van der Waals surface area contributed by atoms with Crippen molar-refractivity contribution in [2.75, 3.05) is 13.7 Å². The summed E-state index contributed by atoms with van der Waals surface area (Å²) in [6, 6.07) is 7.88. The van der Waals surface area contributed by atoms with Gasteiger partial charge in [-0.2, -0.15) is 5.10 Å². The van der Waals surface area contributed by atoms with Gasteiger partial charge < -0.3 is 14.4 Å².